The second-order valence-corrected chi connectivity index (χ2v) is 8.42. The predicted molar refractivity (Wildman–Crippen MR) is 114 cm³/mol. The van der Waals surface area contributed by atoms with Crippen LogP contribution in [0.2, 0.25) is 0 Å². The van der Waals surface area contributed by atoms with Gasteiger partial charge in [0.15, 0.2) is 11.6 Å². The number of likely N-dealkylation sites (tertiary alicyclic amines) is 1. The number of ketones is 2. The number of aliphatic hydroxyl groups is 1. The number of fused-ring (bicyclic) bond motifs is 2. The number of anilines is 1. The first-order valence-electron chi connectivity index (χ1n) is 10.4. The van der Waals surface area contributed by atoms with Gasteiger partial charge in [0.2, 0.25) is 0 Å². The van der Waals surface area contributed by atoms with Gasteiger partial charge in [0.05, 0.1) is 23.4 Å². The first-order valence-corrected chi connectivity index (χ1v) is 10.4. The molecule has 0 aromatic heterocycles. The molecule has 2 aromatic rings. The quantitative estimate of drug-likeness (QED) is 0.696. The summed E-state index contributed by atoms with van der Waals surface area (Å²) in [6, 6.07) is 9.95. The van der Waals surface area contributed by atoms with Crippen molar-refractivity contribution in [3.8, 4) is 0 Å². The van der Waals surface area contributed by atoms with Crippen molar-refractivity contribution in [2.24, 2.45) is 11.8 Å². The third kappa shape index (κ3) is 3.41. The number of benzene rings is 2. The Labute approximate surface area is 175 Å². The van der Waals surface area contributed by atoms with E-state index in [1.807, 2.05) is 4.90 Å². The van der Waals surface area contributed by atoms with Gasteiger partial charge in [-0.3, -0.25) is 14.4 Å². The Balaban J connectivity index is 1.82. The molecule has 1 amide bonds. The summed E-state index contributed by atoms with van der Waals surface area (Å²) in [6.07, 6.45) is 1.08. The monoisotopic (exact) mass is 406 g/mol. The Kier molecular flexibility index (Phi) is 5.43. The van der Waals surface area contributed by atoms with Gasteiger partial charge in [0, 0.05) is 36.3 Å². The normalized spacial score (nSPS) is 20.6. The number of nitrogens with zero attached hydrogens (tertiary/aromatic N) is 1. The lowest BCUT2D eigenvalue weighted by molar-refractivity contribution is 0.0623. The molecule has 0 saturated carbocycles. The van der Waals surface area contributed by atoms with Gasteiger partial charge < -0.3 is 15.3 Å². The average Bonchev–Trinajstić information content (AvgIpc) is 2.74. The average molecular weight is 406 g/mol. The maximum Gasteiger partial charge on any atom is 0.255 e. The molecule has 4 rings (SSSR count). The van der Waals surface area contributed by atoms with E-state index in [1.165, 1.54) is 0 Å². The van der Waals surface area contributed by atoms with Gasteiger partial charge in [-0.25, -0.2) is 0 Å². The minimum Gasteiger partial charge on any atom is -0.395 e. The fraction of sp³-hybridized carbons (Fsp3) is 0.375. The number of aliphatic hydroxyl groups excluding tert-OH is 1. The van der Waals surface area contributed by atoms with Crippen LogP contribution in [0, 0.1) is 11.8 Å². The summed E-state index contributed by atoms with van der Waals surface area (Å²) in [5.74, 6) is 0.136. The number of nitrogens with one attached hydrogen (secondary N) is 1. The highest BCUT2D eigenvalue weighted by atomic mass is 16.3. The molecule has 0 unspecified atom stereocenters. The third-order valence-electron chi connectivity index (χ3n) is 5.89. The van der Waals surface area contributed by atoms with E-state index in [4.69, 9.17) is 0 Å². The second-order valence-electron chi connectivity index (χ2n) is 8.42. The van der Waals surface area contributed by atoms with Crippen molar-refractivity contribution in [2.45, 2.75) is 20.3 Å². The molecule has 0 bridgehead atoms. The van der Waals surface area contributed by atoms with Gasteiger partial charge in [-0.2, -0.15) is 0 Å². The molecule has 2 atom stereocenters. The maximum atomic E-state index is 13.4. The van der Waals surface area contributed by atoms with Gasteiger partial charge in [-0.1, -0.05) is 38.1 Å². The van der Waals surface area contributed by atoms with E-state index in [0.29, 0.717) is 47.3 Å². The number of hydrogen-bond donors (Lipinski definition) is 2. The third-order valence-corrected chi connectivity index (χ3v) is 5.89. The highest BCUT2D eigenvalue weighted by Crippen LogP contribution is 2.35. The van der Waals surface area contributed by atoms with Crippen LogP contribution in [0.15, 0.2) is 36.4 Å². The van der Waals surface area contributed by atoms with Crippen LogP contribution in [0.5, 0.6) is 0 Å². The summed E-state index contributed by atoms with van der Waals surface area (Å²) >= 11 is 0. The van der Waals surface area contributed by atoms with Crippen molar-refractivity contribution in [1.82, 2.24) is 4.90 Å². The Hall–Kier alpha value is -2.99. The molecule has 1 aliphatic carbocycles. The topological polar surface area (TPSA) is 86.7 Å². The molecule has 6 nitrogen and oxygen atoms in total. The summed E-state index contributed by atoms with van der Waals surface area (Å²) in [5, 5.41) is 12.4. The standard InChI is InChI=1S/C24H26N2O4/c1-14-11-15(2)13-26(12-14)24(30)19-8-7-18-20(21(19)25-9-10-27)23(29)17-6-4-3-5-16(17)22(18)28/h3-8,14-15,25,27H,9-13H2,1-2H3/t14-,15-/m1/s1. The van der Waals surface area contributed by atoms with Gasteiger partial charge >= 0.3 is 0 Å². The molecular weight excluding hydrogens is 380 g/mol. The predicted octanol–water partition coefficient (Wildman–Crippen LogP) is 2.98. The van der Waals surface area contributed by atoms with Gasteiger partial charge in [-0.15, -0.1) is 0 Å². The number of piperidine rings is 1. The minimum absolute atomic E-state index is 0.157. The highest BCUT2D eigenvalue weighted by molar-refractivity contribution is 6.31. The Morgan fingerprint density at radius 2 is 1.63 bits per heavy atom. The lowest BCUT2D eigenvalue weighted by Gasteiger charge is -2.35. The van der Waals surface area contributed by atoms with Crippen LogP contribution in [-0.4, -0.2) is 53.7 Å². The van der Waals surface area contributed by atoms with Gasteiger partial charge in [-0.05, 0) is 30.4 Å². The Bertz CT molecular complexity index is 1020. The summed E-state index contributed by atoms with van der Waals surface area (Å²) in [6.45, 7) is 5.60. The molecule has 0 spiro atoms. The first kappa shape index (κ1) is 20.3. The molecule has 1 saturated heterocycles. The van der Waals surface area contributed by atoms with E-state index in [0.717, 1.165) is 6.42 Å². The van der Waals surface area contributed by atoms with E-state index >= 15 is 0 Å². The maximum absolute atomic E-state index is 13.4. The molecule has 1 fully saturated rings. The van der Waals surface area contributed by atoms with Crippen molar-refractivity contribution in [2.75, 3.05) is 31.6 Å². The van der Waals surface area contributed by atoms with Crippen molar-refractivity contribution in [1.29, 1.82) is 0 Å². The number of rotatable bonds is 4. The molecule has 6 heteroatoms. The molecule has 2 aromatic carbocycles. The Morgan fingerprint density at radius 1 is 1.00 bits per heavy atom. The van der Waals surface area contributed by atoms with Crippen molar-refractivity contribution >= 4 is 23.2 Å². The molecule has 0 radical (unpaired) electrons. The lowest BCUT2D eigenvalue weighted by Crippen LogP contribution is -2.43. The Morgan fingerprint density at radius 3 is 2.27 bits per heavy atom. The van der Waals surface area contributed by atoms with Crippen LogP contribution in [-0.2, 0) is 0 Å². The fourth-order valence-corrected chi connectivity index (χ4v) is 4.73. The molecule has 30 heavy (non-hydrogen) atoms. The fourth-order valence-electron chi connectivity index (χ4n) is 4.73. The number of carbonyl (C=O) groups excluding carboxylic acids is 3. The van der Waals surface area contributed by atoms with E-state index in [9.17, 15) is 19.5 Å². The highest BCUT2D eigenvalue weighted by Gasteiger charge is 2.35. The summed E-state index contributed by atoms with van der Waals surface area (Å²) in [4.78, 5) is 41.6. The minimum atomic E-state index is -0.282. The van der Waals surface area contributed by atoms with Gasteiger partial charge in [0.25, 0.3) is 5.91 Å². The molecule has 2 N–H and O–H groups in total. The summed E-state index contributed by atoms with van der Waals surface area (Å²) in [7, 11) is 0. The molecule has 1 aliphatic heterocycles. The first-order chi connectivity index (χ1) is 14.4. The van der Waals surface area contributed by atoms with Gasteiger partial charge in [0.1, 0.15) is 0 Å². The van der Waals surface area contributed by atoms with E-state index in [-0.39, 0.29) is 41.8 Å². The van der Waals surface area contributed by atoms with Crippen LogP contribution in [0.25, 0.3) is 0 Å². The second kappa shape index (κ2) is 8.03. The number of amides is 1. The number of carbonyl (C=O) groups is 3. The van der Waals surface area contributed by atoms with Crippen LogP contribution in [0.1, 0.15) is 62.5 Å². The largest absolute Gasteiger partial charge is 0.395 e. The molecule has 1 heterocycles. The van der Waals surface area contributed by atoms with Crippen LogP contribution >= 0.6 is 0 Å². The smallest absolute Gasteiger partial charge is 0.255 e. The van der Waals surface area contributed by atoms with Crippen molar-refractivity contribution in [3.05, 3.63) is 64.2 Å². The zero-order valence-electron chi connectivity index (χ0n) is 17.3. The summed E-state index contributed by atoms with van der Waals surface area (Å²) in [5.41, 5.74) is 1.93. The van der Waals surface area contributed by atoms with Crippen LogP contribution in [0.3, 0.4) is 0 Å². The van der Waals surface area contributed by atoms with Crippen LogP contribution in [0.4, 0.5) is 5.69 Å². The SMILES string of the molecule is C[C@@H]1C[C@@H](C)CN(C(=O)c2ccc3c(c2NCCO)C(=O)c2ccccc2C3=O)C1. The van der Waals surface area contributed by atoms with Crippen LogP contribution < -0.4 is 5.32 Å². The van der Waals surface area contributed by atoms with Crippen molar-refractivity contribution in [3.63, 3.8) is 0 Å². The van der Waals surface area contributed by atoms with E-state index in [2.05, 4.69) is 19.2 Å². The molecule has 156 valence electrons. The van der Waals surface area contributed by atoms with Crippen molar-refractivity contribution < 1.29 is 19.5 Å². The molecule has 2 aliphatic rings. The number of hydrogen-bond acceptors (Lipinski definition) is 5. The zero-order chi connectivity index (χ0) is 21.4. The zero-order valence-corrected chi connectivity index (χ0v) is 17.3. The van der Waals surface area contributed by atoms with E-state index in [1.54, 1.807) is 36.4 Å². The van der Waals surface area contributed by atoms with E-state index < -0.39 is 0 Å². The molecular formula is C24H26N2O4. The summed E-state index contributed by atoms with van der Waals surface area (Å²) < 4.78 is 0. The lowest BCUT2D eigenvalue weighted by atomic mass is 9.82.